The van der Waals surface area contributed by atoms with Crippen LogP contribution >= 0.6 is 0 Å². The Morgan fingerprint density at radius 1 is 1.09 bits per heavy atom. The molecule has 1 N–H and O–H groups in total. The summed E-state index contributed by atoms with van der Waals surface area (Å²) in [6.07, 6.45) is 5.14. The molecular formula is C19H17FN2O. The van der Waals surface area contributed by atoms with Crippen molar-refractivity contribution < 1.29 is 9.18 Å². The maximum absolute atomic E-state index is 12.8. The minimum atomic E-state index is -0.287. The highest BCUT2D eigenvalue weighted by Crippen LogP contribution is 2.14. The van der Waals surface area contributed by atoms with E-state index in [2.05, 4.69) is 28.1 Å². The van der Waals surface area contributed by atoms with Gasteiger partial charge in [-0.1, -0.05) is 30.3 Å². The quantitative estimate of drug-likeness (QED) is 0.718. The molecule has 3 aromatic rings. The maximum Gasteiger partial charge on any atom is 0.244 e. The van der Waals surface area contributed by atoms with Crippen molar-refractivity contribution in [2.24, 2.45) is 0 Å². The van der Waals surface area contributed by atoms with E-state index in [9.17, 15) is 9.18 Å². The van der Waals surface area contributed by atoms with Crippen molar-refractivity contribution in [1.29, 1.82) is 0 Å². The summed E-state index contributed by atoms with van der Waals surface area (Å²) in [6, 6.07) is 16.2. The topological polar surface area (TPSA) is 34.0 Å². The van der Waals surface area contributed by atoms with Gasteiger partial charge in [-0.15, -0.1) is 0 Å². The predicted molar refractivity (Wildman–Crippen MR) is 90.4 cm³/mol. The summed E-state index contributed by atoms with van der Waals surface area (Å²) in [5.74, 6) is -0.448. The SMILES string of the molecule is O=C(/C=C/c1ccc(F)cc1)NCCn1ccc2ccccc21. The number of aromatic nitrogens is 1. The van der Waals surface area contributed by atoms with E-state index in [0.717, 1.165) is 11.1 Å². The molecule has 0 atom stereocenters. The second-order valence-corrected chi connectivity index (χ2v) is 5.24. The van der Waals surface area contributed by atoms with Gasteiger partial charge < -0.3 is 9.88 Å². The Hall–Kier alpha value is -2.88. The van der Waals surface area contributed by atoms with Gasteiger partial charge >= 0.3 is 0 Å². The van der Waals surface area contributed by atoms with E-state index in [4.69, 9.17) is 0 Å². The van der Waals surface area contributed by atoms with E-state index in [1.165, 1.54) is 23.6 Å². The monoisotopic (exact) mass is 308 g/mol. The number of nitrogens with zero attached hydrogens (tertiary/aromatic N) is 1. The number of carbonyl (C=O) groups excluding carboxylic acids is 1. The van der Waals surface area contributed by atoms with E-state index in [0.29, 0.717) is 13.1 Å². The first-order chi connectivity index (χ1) is 11.2. The number of hydrogen-bond acceptors (Lipinski definition) is 1. The molecule has 1 aromatic heterocycles. The van der Waals surface area contributed by atoms with Gasteiger partial charge in [0, 0.05) is 30.9 Å². The first-order valence-electron chi connectivity index (χ1n) is 7.48. The Morgan fingerprint density at radius 3 is 2.70 bits per heavy atom. The minimum Gasteiger partial charge on any atom is -0.351 e. The van der Waals surface area contributed by atoms with Crippen molar-refractivity contribution in [3.63, 3.8) is 0 Å². The summed E-state index contributed by atoms with van der Waals surface area (Å²) >= 11 is 0. The summed E-state index contributed by atoms with van der Waals surface area (Å²) in [6.45, 7) is 1.26. The van der Waals surface area contributed by atoms with Crippen LogP contribution in [0.5, 0.6) is 0 Å². The molecule has 116 valence electrons. The number of nitrogens with one attached hydrogen (secondary N) is 1. The van der Waals surface area contributed by atoms with Crippen LogP contribution in [-0.4, -0.2) is 17.0 Å². The van der Waals surface area contributed by atoms with Gasteiger partial charge in [0.15, 0.2) is 0 Å². The van der Waals surface area contributed by atoms with E-state index in [1.807, 2.05) is 18.3 Å². The third-order valence-corrected chi connectivity index (χ3v) is 3.63. The fourth-order valence-electron chi connectivity index (χ4n) is 2.44. The second-order valence-electron chi connectivity index (χ2n) is 5.24. The van der Waals surface area contributed by atoms with Gasteiger partial charge in [0.05, 0.1) is 0 Å². The third-order valence-electron chi connectivity index (χ3n) is 3.63. The van der Waals surface area contributed by atoms with Crippen LogP contribution in [0.1, 0.15) is 5.56 Å². The molecule has 0 aliphatic carbocycles. The molecule has 0 fully saturated rings. The fourth-order valence-corrected chi connectivity index (χ4v) is 2.44. The summed E-state index contributed by atoms with van der Waals surface area (Å²) in [7, 11) is 0. The first kappa shape index (κ1) is 15.0. The standard InChI is InChI=1S/C19H17FN2O/c20-17-8-5-15(6-9-17)7-10-19(23)21-12-14-22-13-11-16-3-1-2-4-18(16)22/h1-11,13H,12,14H2,(H,21,23)/b10-7+. The molecule has 0 radical (unpaired) electrons. The van der Waals surface area contributed by atoms with Crippen molar-refractivity contribution in [2.45, 2.75) is 6.54 Å². The molecule has 3 nitrogen and oxygen atoms in total. The Balaban J connectivity index is 1.52. The Bertz CT molecular complexity index is 834. The van der Waals surface area contributed by atoms with E-state index >= 15 is 0 Å². The lowest BCUT2D eigenvalue weighted by molar-refractivity contribution is -0.116. The number of para-hydroxylation sites is 1. The number of fused-ring (bicyclic) bond motifs is 1. The molecule has 1 heterocycles. The highest BCUT2D eigenvalue weighted by Gasteiger charge is 2.00. The first-order valence-corrected chi connectivity index (χ1v) is 7.48. The van der Waals surface area contributed by atoms with Crippen LogP contribution in [0.15, 0.2) is 66.9 Å². The highest BCUT2D eigenvalue weighted by molar-refractivity contribution is 5.91. The van der Waals surface area contributed by atoms with E-state index in [1.54, 1.807) is 18.2 Å². The second kappa shape index (κ2) is 6.92. The van der Waals surface area contributed by atoms with Gasteiger partial charge in [0.2, 0.25) is 5.91 Å². The average molecular weight is 308 g/mol. The summed E-state index contributed by atoms with van der Waals surface area (Å²) in [5.41, 5.74) is 1.95. The molecule has 4 heteroatoms. The largest absolute Gasteiger partial charge is 0.351 e. The zero-order valence-electron chi connectivity index (χ0n) is 12.6. The van der Waals surface area contributed by atoms with Gasteiger partial charge in [-0.3, -0.25) is 4.79 Å². The summed E-state index contributed by atoms with van der Waals surface area (Å²) < 4.78 is 14.9. The molecular weight excluding hydrogens is 291 g/mol. The van der Waals surface area contributed by atoms with Gasteiger partial charge in [-0.2, -0.15) is 0 Å². The van der Waals surface area contributed by atoms with Gasteiger partial charge in [0.25, 0.3) is 0 Å². The molecule has 0 aliphatic rings. The number of carbonyl (C=O) groups is 1. The molecule has 3 rings (SSSR count). The molecule has 0 bridgehead atoms. The van der Waals surface area contributed by atoms with Crippen LogP contribution in [0.25, 0.3) is 17.0 Å². The lowest BCUT2D eigenvalue weighted by Crippen LogP contribution is -2.25. The van der Waals surface area contributed by atoms with Crippen molar-refractivity contribution in [2.75, 3.05) is 6.54 Å². The van der Waals surface area contributed by atoms with Crippen molar-refractivity contribution in [3.8, 4) is 0 Å². The number of halogens is 1. The van der Waals surface area contributed by atoms with Crippen LogP contribution in [0, 0.1) is 5.82 Å². The van der Waals surface area contributed by atoms with Gasteiger partial charge in [-0.05, 0) is 41.3 Å². The third kappa shape index (κ3) is 3.86. The molecule has 2 aromatic carbocycles. The lowest BCUT2D eigenvalue weighted by Gasteiger charge is -2.06. The molecule has 0 saturated carbocycles. The lowest BCUT2D eigenvalue weighted by atomic mass is 10.2. The summed E-state index contributed by atoms with van der Waals surface area (Å²) in [4.78, 5) is 11.8. The van der Waals surface area contributed by atoms with Crippen LogP contribution in [0.2, 0.25) is 0 Å². The number of benzene rings is 2. The summed E-state index contributed by atoms with van der Waals surface area (Å²) in [5, 5.41) is 4.04. The van der Waals surface area contributed by atoms with Crippen LogP contribution < -0.4 is 5.32 Å². The molecule has 23 heavy (non-hydrogen) atoms. The van der Waals surface area contributed by atoms with Gasteiger partial charge in [-0.25, -0.2) is 4.39 Å². The van der Waals surface area contributed by atoms with Crippen molar-refractivity contribution >= 4 is 22.9 Å². The van der Waals surface area contributed by atoms with E-state index in [-0.39, 0.29) is 11.7 Å². The fraction of sp³-hybridized carbons (Fsp3) is 0.105. The number of rotatable bonds is 5. The molecule has 0 unspecified atom stereocenters. The van der Waals surface area contributed by atoms with Crippen molar-refractivity contribution in [3.05, 3.63) is 78.3 Å². The van der Waals surface area contributed by atoms with E-state index < -0.39 is 0 Å². The minimum absolute atomic E-state index is 0.161. The number of amides is 1. The van der Waals surface area contributed by atoms with Crippen LogP contribution in [-0.2, 0) is 11.3 Å². The Labute approximate surface area is 134 Å². The van der Waals surface area contributed by atoms with Crippen molar-refractivity contribution in [1.82, 2.24) is 9.88 Å². The molecule has 0 aliphatic heterocycles. The smallest absolute Gasteiger partial charge is 0.244 e. The van der Waals surface area contributed by atoms with Crippen LogP contribution in [0.3, 0.4) is 0 Å². The van der Waals surface area contributed by atoms with Gasteiger partial charge in [0.1, 0.15) is 5.82 Å². The average Bonchev–Trinajstić information content (AvgIpc) is 2.98. The normalized spacial score (nSPS) is 11.2. The molecule has 0 spiro atoms. The zero-order chi connectivity index (χ0) is 16.1. The predicted octanol–water partition coefficient (Wildman–Crippen LogP) is 3.61. The maximum atomic E-state index is 12.8. The Morgan fingerprint density at radius 2 is 1.87 bits per heavy atom. The number of hydrogen-bond donors (Lipinski definition) is 1. The Kier molecular flexibility index (Phi) is 4.52. The zero-order valence-corrected chi connectivity index (χ0v) is 12.6. The highest BCUT2D eigenvalue weighted by atomic mass is 19.1. The van der Waals surface area contributed by atoms with Crippen LogP contribution in [0.4, 0.5) is 4.39 Å². The molecule has 1 amide bonds. The molecule has 0 saturated heterocycles.